The van der Waals surface area contributed by atoms with E-state index in [2.05, 4.69) is 0 Å². The van der Waals surface area contributed by atoms with E-state index in [1.54, 1.807) is 0 Å². The Labute approximate surface area is 140 Å². The van der Waals surface area contributed by atoms with Crippen LogP contribution in [0.1, 0.15) is 23.6 Å². The lowest BCUT2D eigenvalue weighted by molar-refractivity contribution is -0.139. The molecule has 0 spiro atoms. The lowest BCUT2D eigenvalue weighted by Crippen LogP contribution is -2.32. The van der Waals surface area contributed by atoms with Crippen LogP contribution in [-0.4, -0.2) is 28.2 Å². The van der Waals surface area contributed by atoms with Gasteiger partial charge in [0.05, 0.1) is 6.42 Å². The molecule has 2 rings (SSSR count). The van der Waals surface area contributed by atoms with E-state index in [0.29, 0.717) is 6.42 Å². The normalized spacial score (nSPS) is 12.4. The van der Waals surface area contributed by atoms with Crippen LogP contribution in [0.25, 0.3) is 0 Å². The summed E-state index contributed by atoms with van der Waals surface area (Å²) in [5, 5.41) is 17.0. The van der Waals surface area contributed by atoms with Crippen molar-refractivity contribution in [1.29, 1.82) is 0 Å². The summed E-state index contributed by atoms with van der Waals surface area (Å²) in [5.41, 5.74) is 12.8. The van der Waals surface area contributed by atoms with Crippen molar-refractivity contribution >= 4 is 11.9 Å². The van der Waals surface area contributed by atoms with Crippen molar-refractivity contribution in [3.63, 3.8) is 0 Å². The molecular formula is C18H22N2O4. The molecule has 0 bridgehead atoms. The van der Waals surface area contributed by atoms with Gasteiger partial charge >= 0.3 is 11.9 Å². The molecule has 6 heteroatoms. The summed E-state index contributed by atoms with van der Waals surface area (Å²) in [6.07, 6.45) is 0.361. The number of benzene rings is 2. The quantitative estimate of drug-likeness (QED) is 0.639. The monoisotopic (exact) mass is 330 g/mol. The molecular weight excluding hydrogens is 308 g/mol. The van der Waals surface area contributed by atoms with E-state index in [-0.39, 0.29) is 6.42 Å². The van der Waals surface area contributed by atoms with Gasteiger partial charge in [-0.2, -0.15) is 0 Å². The fourth-order valence-corrected chi connectivity index (χ4v) is 1.96. The minimum absolute atomic E-state index is 0.0238. The van der Waals surface area contributed by atoms with Gasteiger partial charge in [0.25, 0.3) is 0 Å². The molecule has 0 saturated carbocycles. The average Bonchev–Trinajstić information content (AvgIpc) is 2.56. The second-order valence-corrected chi connectivity index (χ2v) is 5.25. The van der Waals surface area contributed by atoms with Gasteiger partial charge in [-0.05, 0) is 17.5 Å². The van der Waals surface area contributed by atoms with Gasteiger partial charge in [-0.15, -0.1) is 0 Å². The SMILES string of the molecule is NC(CC(=O)O)c1ccccc1.N[C@@H](Cc1ccccc1)C(=O)O. The van der Waals surface area contributed by atoms with Crippen LogP contribution < -0.4 is 11.5 Å². The van der Waals surface area contributed by atoms with Gasteiger partial charge < -0.3 is 21.7 Å². The number of carboxylic acids is 2. The largest absolute Gasteiger partial charge is 0.481 e. The summed E-state index contributed by atoms with van der Waals surface area (Å²) in [7, 11) is 0. The number of nitrogens with two attached hydrogens (primary N) is 2. The average molecular weight is 330 g/mol. The Hall–Kier alpha value is -2.70. The highest BCUT2D eigenvalue weighted by Gasteiger charge is 2.11. The van der Waals surface area contributed by atoms with Gasteiger partial charge in [-0.25, -0.2) is 0 Å². The van der Waals surface area contributed by atoms with Crippen LogP contribution in [-0.2, 0) is 16.0 Å². The second-order valence-electron chi connectivity index (χ2n) is 5.25. The zero-order valence-corrected chi connectivity index (χ0v) is 13.2. The molecule has 0 aromatic heterocycles. The first-order valence-electron chi connectivity index (χ1n) is 7.44. The minimum atomic E-state index is -0.959. The maximum atomic E-state index is 10.4. The summed E-state index contributed by atoms with van der Waals surface area (Å²) in [4.78, 5) is 20.7. The molecule has 0 aliphatic carbocycles. The van der Waals surface area contributed by atoms with Crippen LogP contribution in [0.2, 0.25) is 0 Å². The molecule has 0 amide bonds. The van der Waals surface area contributed by atoms with Crippen LogP contribution in [0, 0.1) is 0 Å². The predicted octanol–water partition coefficient (Wildman–Crippen LogP) is 1.80. The van der Waals surface area contributed by atoms with E-state index >= 15 is 0 Å². The number of carbonyl (C=O) groups is 2. The Morgan fingerprint density at radius 1 is 0.875 bits per heavy atom. The molecule has 6 N–H and O–H groups in total. The molecule has 0 fully saturated rings. The molecule has 0 aliphatic rings. The summed E-state index contributed by atoms with van der Waals surface area (Å²) in [5.74, 6) is -1.83. The molecule has 0 aliphatic heterocycles. The zero-order chi connectivity index (χ0) is 17.9. The van der Waals surface area contributed by atoms with Crippen molar-refractivity contribution in [3.05, 3.63) is 71.8 Å². The van der Waals surface area contributed by atoms with Crippen molar-refractivity contribution < 1.29 is 19.8 Å². The maximum Gasteiger partial charge on any atom is 0.320 e. The van der Waals surface area contributed by atoms with Crippen molar-refractivity contribution in [2.75, 3.05) is 0 Å². The highest BCUT2D eigenvalue weighted by molar-refractivity contribution is 5.73. The zero-order valence-electron chi connectivity index (χ0n) is 13.2. The molecule has 1 unspecified atom stereocenters. The predicted molar refractivity (Wildman–Crippen MR) is 91.4 cm³/mol. The van der Waals surface area contributed by atoms with Crippen LogP contribution >= 0.6 is 0 Å². The highest BCUT2D eigenvalue weighted by atomic mass is 16.4. The Morgan fingerprint density at radius 3 is 1.83 bits per heavy atom. The van der Waals surface area contributed by atoms with Crippen LogP contribution in [0.3, 0.4) is 0 Å². The minimum Gasteiger partial charge on any atom is -0.481 e. The third-order valence-electron chi connectivity index (χ3n) is 3.24. The number of aliphatic carboxylic acids is 2. The molecule has 2 aromatic carbocycles. The molecule has 0 radical (unpaired) electrons. The lowest BCUT2D eigenvalue weighted by Gasteiger charge is -2.07. The Bertz CT molecular complexity index is 632. The molecule has 0 saturated heterocycles. The standard InChI is InChI=1S/2C9H11NO2/c10-8(6-9(11)12)7-4-2-1-3-5-7;10-8(9(11)12)6-7-4-2-1-3-5-7/h2*1-5,8H,6,10H2,(H,11,12)/t;8-/m.0/s1. The van der Waals surface area contributed by atoms with Gasteiger partial charge in [-0.3, -0.25) is 9.59 Å². The van der Waals surface area contributed by atoms with Gasteiger partial charge in [0.1, 0.15) is 6.04 Å². The fraction of sp³-hybridized carbons (Fsp3) is 0.222. The third kappa shape index (κ3) is 7.53. The summed E-state index contributed by atoms with van der Waals surface area (Å²) in [6, 6.07) is 17.4. The van der Waals surface area contributed by atoms with Crippen molar-refractivity contribution in [2.24, 2.45) is 11.5 Å². The molecule has 2 atom stereocenters. The van der Waals surface area contributed by atoms with E-state index in [0.717, 1.165) is 11.1 Å². The van der Waals surface area contributed by atoms with Gasteiger partial charge in [0.2, 0.25) is 0 Å². The van der Waals surface area contributed by atoms with Crippen LogP contribution in [0.5, 0.6) is 0 Å². The fourth-order valence-electron chi connectivity index (χ4n) is 1.96. The first kappa shape index (κ1) is 19.3. The number of hydrogen-bond donors (Lipinski definition) is 4. The van der Waals surface area contributed by atoms with E-state index in [9.17, 15) is 9.59 Å². The molecule has 24 heavy (non-hydrogen) atoms. The lowest BCUT2D eigenvalue weighted by atomic mass is 10.1. The molecule has 0 heterocycles. The molecule has 6 nitrogen and oxygen atoms in total. The summed E-state index contributed by atoms with van der Waals surface area (Å²) >= 11 is 0. The Balaban J connectivity index is 0.000000240. The Kier molecular flexibility index (Phi) is 8.18. The first-order valence-corrected chi connectivity index (χ1v) is 7.44. The molecule has 128 valence electrons. The first-order chi connectivity index (χ1) is 11.4. The topological polar surface area (TPSA) is 127 Å². The van der Waals surface area contributed by atoms with Gasteiger partial charge in [0.15, 0.2) is 0 Å². The second kappa shape index (κ2) is 10.1. The van der Waals surface area contributed by atoms with E-state index < -0.39 is 24.0 Å². The van der Waals surface area contributed by atoms with Crippen molar-refractivity contribution in [2.45, 2.75) is 24.9 Å². The van der Waals surface area contributed by atoms with Crippen LogP contribution in [0.4, 0.5) is 0 Å². The highest BCUT2D eigenvalue weighted by Crippen LogP contribution is 2.12. The maximum absolute atomic E-state index is 10.4. The number of hydrogen-bond acceptors (Lipinski definition) is 4. The number of rotatable bonds is 6. The van der Waals surface area contributed by atoms with Crippen molar-refractivity contribution in [3.8, 4) is 0 Å². The molecule has 2 aromatic rings. The summed E-state index contributed by atoms with van der Waals surface area (Å²) < 4.78 is 0. The number of carboxylic acid groups (broad SMARTS) is 2. The van der Waals surface area contributed by atoms with Gasteiger partial charge in [-0.1, -0.05) is 60.7 Å². The Morgan fingerprint density at radius 2 is 1.38 bits per heavy atom. The van der Waals surface area contributed by atoms with Crippen LogP contribution in [0.15, 0.2) is 60.7 Å². The third-order valence-corrected chi connectivity index (χ3v) is 3.24. The van der Waals surface area contributed by atoms with Crippen molar-refractivity contribution in [1.82, 2.24) is 0 Å². The van der Waals surface area contributed by atoms with Gasteiger partial charge in [0, 0.05) is 6.04 Å². The summed E-state index contributed by atoms with van der Waals surface area (Å²) in [6.45, 7) is 0. The van der Waals surface area contributed by atoms with E-state index in [4.69, 9.17) is 21.7 Å². The smallest absolute Gasteiger partial charge is 0.320 e. The van der Waals surface area contributed by atoms with E-state index in [1.165, 1.54) is 0 Å². The van der Waals surface area contributed by atoms with E-state index in [1.807, 2.05) is 60.7 Å².